The third-order valence-corrected chi connectivity index (χ3v) is 3.42. The van der Waals surface area contributed by atoms with Crippen molar-refractivity contribution in [1.29, 1.82) is 0 Å². The first-order valence-corrected chi connectivity index (χ1v) is 7.04. The third-order valence-electron chi connectivity index (χ3n) is 3.42. The molecule has 2 aromatic carbocycles. The van der Waals surface area contributed by atoms with Crippen LogP contribution in [0.5, 0.6) is 0 Å². The molecule has 6 nitrogen and oxygen atoms in total. The van der Waals surface area contributed by atoms with Crippen molar-refractivity contribution < 1.29 is 14.1 Å². The predicted octanol–water partition coefficient (Wildman–Crippen LogP) is 3.60. The van der Waals surface area contributed by atoms with Crippen LogP contribution < -0.4 is 5.63 Å². The molecule has 0 aliphatic heterocycles. The summed E-state index contributed by atoms with van der Waals surface area (Å²) < 4.78 is 5.12. The number of nitro benzene ring substituents is 1. The van der Waals surface area contributed by atoms with Gasteiger partial charge in [-0.2, -0.15) is 0 Å². The Kier molecular flexibility index (Phi) is 4.03. The Hall–Kier alpha value is -3.54. The molecule has 0 aliphatic carbocycles. The number of hydrogen-bond acceptors (Lipinski definition) is 5. The number of benzene rings is 2. The average Bonchev–Trinajstić information content (AvgIpc) is 2.59. The third kappa shape index (κ3) is 3.12. The van der Waals surface area contributed by atoms with E-state index in [-0.39, 0.29) is 11.3 Å². The van der Waals surface area contributed by atoms with Gasteiger partial charge in [0.25, 0.3) is 5.69 Å². The Morgan fingerprint density at radius 2 is 1.88 bits per heavy atom. The van der Waals surface area contributed by atoms with Crippen molar-refractivity contribution in [2.24, 2.45) is 0 Å². The molecule has 3 aromatic rings. The van der Waals surface area contributed by atoms with Gasteiger partial charge in [0.2, 0.25) is 0 Å². The van der Waals surface area contributed by atoms with E-state index < -0.39 is 16.3 Å². The minimum absolute atomic E-state index is 0.0742. The second-order valence-electron chi connectivity index (χ2n) is 5.04. The molecule has 0 saturated carbocycles. The maximum atomic E-state index is 12.2. The van der Waals surface area contributed by atoms with E-state index in [1.54, 1.807) is 30.3 Å². The van der Waals surface area contributed by atoms with E-state index in [9.17, 15) is 19.7 Å². The van der Waals surface area contributed by atoms with Crippen LogP contribution in [0.3, 0.4) is 0 Å². The van der Waals surface area contributed by atoms with Crippen molar-refractivity contribution in [3.8, 4) is 0 Å². The molecule has 0 saturated heterocycles. The second-order valence-corrected chi connectivity index (χ2v) is 5.04. The van der Waals surface area contributed by atoms with Crippen molar-refractivity contribution in [3.63, 3.8) is 0 Å². The van der Waals surface area contributed by atoms with Gasteiger partial charge in [-0.3, -0.25) is 14.9 Å². The van der Waals surface area contributed by atoms with E-state index in [0.717, 1.165) is 0 Å². The SMILES string of the molecule is O=C(/C=C/c1cccc([N+](=O)[O-])c1)c1cc2ccccc2oc1=O. The molecule has 0 atom stereocenters. The van der Waals surface area contributed by atoms with Gasteiger partial charge in [-0.05, 0) is 23.8 Å². The van der Waals surface area contributed by atoms with Crippen LogP contribution in [0.2, 0.25) is 0 Å². The molecular formula is C18H11NO5. The monoisotopic (exact) mass is 321 g/mol. The summed E-state index contributed by atoms with van der Waals surface area (Å²) in [6, 6.07) is 14.2. The van der Waals surface area contributed by atoms with Crippen LogP contribution in [0.4, 0.5) is 5.69 Å². The minimum Gasteiger partial charge on any atom is -0.422 e. The van der Waals surface area contributed by atoms with Crippen LogP contribution in [0, 0.1) is 10.1 Å². The lowest BCUT2D eigenvalue weighted by atomic mass is 10.1. The summed E-state index contributed by atoms with van der Waals surface area (Å²) in [6.45, 7) is 0. The number of non-ortho nitro benzene ring substituents is 1. The molecule has 6 heteroatoms. The van der Waals surface area contributed by atoms with Crippen molar-refractivity contribution in [2.45, 2.75) is 0 Å². The fraction of sp³-hybridized carbons (Fsp3) is 0. The number of allylic oxidation sites excluding steroid dienone is 1. The molecule has 24 heavy (non-hydrogen) atoms. The first-order chi connectivity index (χ1) is 11.5. The quantitative estimate of drug-likeness (QED) is 0.241. The number of nitrogens with zero attached hydrogens (tertiary/aromatic N) is 1. The summed E-state index contributed by atoms with van der Waals surface area (Å²) >= 11 is 0. The Balaban J connectivity index is 1.92. The van der Waals surface area contributed by atoms with Gasteiger partial charge in [0, 0.05) is 17.5 Å². The molecule has 0 fully saturated rings. The lowest BCUT2D eigenvalue weighted by molar-refractivity contribution is -0.384. The van der Waals surface area contributed by atoms with Crippen LogP contribution >= 0.6 is 0 Å². The number of carbonyl (C=O) groups excluding carboxylic acids is 1. The van der Waals surface area contributed by atoms with Crippen molar-refractivity contribution >= 4 is 28.5 Å². The zero-order valence-corrected chi connectivity index (χ0v) is 12.3. The number of hydrogen-bond donors (Lipinski definition) is 0. The molecule has 118 valence electrons. The maximum absolute atomic E-state index is 12.2. The van der Waals surface area contributed by atoms with Crippen molar-refractivity contribution in [1.82, 2.24) is 0 Å². The van der Waals surface area contributed by atoms with E-state index in [4.69, 9.17) is 4.42 Å². The van der Waals surface area contributed by atoms with Gasteiger partial charge in [-0.15, -0.1) is 0 Å². The first-order valence-electron chi connectivity index (χ1n) is 7.04. The summed E-state index contributed by atoms with van der Waals surface area (Å²) in [6.07, 6.45) is 2.62. The average molecular weight is 321 g/mol. The highest BCUT2D eigenvalue weighted by Crippen LogP contribution is 2.16. The fourth-order valence-electron chi connectivity index (χ4n) is 2.24. The topological polar surface area (TPSA) is 90.4 Å². The Morgan fingerprint density at radius 3 is 2.67 bits per heavy atom. The van der Waals surface area contributed by atoms with Gasteiger partial charge >= 0.3 is 5.63 Å². The fourth-order valence-corrected chi connectivity index (χ4v) is 2.24. The van der Waals surface area contributed by atoms with E-state index in [0.29, 0.717) is 16.5 Å². The van der Waals surface area contributed by atoms with E-state index in [1.807, 2.05) is 0 Å². The number of nitro groups is 1. The van der Waals surface area contributed by atoms with Crippen LogP contribution in [0.15, 0.2) is 69.9 Å². The zero-order chi connectivity index (χ0) is 17.1. The summed E-state index contributed by atoms with van der Waals surface area (Å²) in [7, 11) is 0. The Morgan fingerprint density at radius 1 is 1.08 bits per heavy atom. The Labute approximate surface area is 135 Å². The van der Waals surface area contributed by atoms with Crippen LogP contribution in [-0.4, -0.2) is 10.7 Å². The summed E-state index contributed by atoms with van der Waals surface area (Å²) in [5, 5.41) is 11.4. The number of fused-ring (bicyclic) bond motifs is 1. The second kappa shape index (κ2) is 6.29. The van der Waals surface area contributed by atoms with Gasteiger partial charge < -0.3 is 4.42 Å². The number of rotatable bonds is 4. The zero-order valence-electron chi connectivity index (χ0n) is 12.3. The maximum Gasteiger partial charge on any atom is 0.347 e. The van der Waals surface area contributed by atoms with Crippen LogP contribution in [0.1, 0.15) is 15.9 Å². The molecule has 1 heterocycles. The molecule has 0 aliphatic rings. The summed E-state index contributed by atoms with van der Waals surface area (Å²) in [4.78, 5) is 34.4. The lowest BCUT2D eigenvalue weighted by Gasteiger charge is -1.99. The molecule has 0 radical (unpaired) electrons. The minimum atomic E-state index is -0.720. The highest BCUT2D eigenvalue weighted by molar-refractivity contribution is 6.07. The van der Waals surface area contributed by atoms with Crippen molar-refractivity contribution in [3.05, 3.63) is 92.3 Å². The van der Waals surface area contributed by atoms with Gasteiger partial charge in [-0.1, -0.05) is 36.4 Å². The van der Waals surface area contributed by atoms with Gasteiger partial charge in [0.15, 0.2) is 5.78 Å². The van der Waals surface area contributed by atoms with Crippen LogP contribution in [0.25, 0.3) is 17.0 Å². The highest BCUT2D eigenvalue weighted by Gasteiger charge is 2.11. The Bertz CT molecular complexity index is 1030. The number of carbonyl (C=O) groups is 1. The van der Waals surface area contributed by atoms with Crippen molar-refractivity contribution in [2.75, 3.05) is 0 Å². The smallest absolute Gasteiger partial charge is 0.347 e. The number of ketones is 1. The highest BCUT2D eigenvalue weighted by atomic mass is 16.6. The molecule has 0 N–H and O–H groups in total. The van der Waals surface area contributed by atoms with Gasteiger partial charge in [0.05, 0.1) is 4.92 Å². The summed E-state index contributed by atoms with van der Waals surface area (Å²) in [5.74, 6) is -0.527. The van der Waals surface area contributed by atoms with Gasteiger partial charge in [-0.25, -0.2) is 4.79 Å². The predicted molar refractivity (Wildman–Crippen MR) is 88.9 cm³/mol. The molecule has 0 spiro atoms. The van der Waals surface area contributed by atoms with E-state index in [2.05, 4.69) is 0 Å². The molecule has 0 unspecified atom stereocenters. The van der Waals surface area contributed by atoms with Gasteiger partial charge in [0.1, 0.15) is 11.1 Å². The molecule has 0 bridgehead atoms. The molecule has 1 aromatic heterocycles. The molecule has 3 rings (SSSR count). The summed E-state index contributed by atoms with van der Waals surface area (Å²) in [5.41, 5.74) is 0.0111. The van der Waals surface area contributed by atoms with Crippen LogP contribution in [-0.2, 0) is 0 Å². The largest absolute Gasteiger partial charge is 0.422 e. The normalized spacial score (nSPS) is 11.0. The molecule has 0 amide bonds. The van der Waals surface area contributed by atoms with E-state index >= 15 is 0 Å². The molecular weight excluding hydrogens is 310 g/mol. The van der Waals surface area contributed by atoms with E-state index in [1.165, 1.54) is 36.4 Å². The first kappa shape index (κ1) is 15.4. The number of para-hydroxylation sites is 1. The standard InChI is InChI=1S/C18H11NO5/c20-16(9-8-12-4-3-6-14(10-12)19(22)23)15-11-13-5-1-2-7-17(13)24-18(15)21/h1-11H/b9-8+. The lowest BCUT2D eigenvalue weighted by Crippen LogP contribution is -2.11.